The highest BCUT2D eigenvalue weighted by molar-refractivity contribution is 6.02. The second kappa shape index (κ2) is 6.65. The van der Waals surface area contributed by atoms with Crippen LogP contribution >= 0.6 is 0 Å². The number of nitrogens with one attached hydrogen (secondary N) is 2. The van der Waals surface area contributed by atoms with Crippen molar-refractivity contribution in [3.8, 4) is 0 Å². The lowest BCUT2D eigenvalue weighted by atomic mass is 9.97. The van der Waals surface area contributed by atoms with Crippen LogP contribution in [0.5, 0.6) is 0 Å². The smallest absolute Gasteiger partial charge is 0.410 e. The Labute approximate surface area is 162 Å². The number of carbonyl (C=O) groups excluding carboxylic acids is 1. The van der Waals surface area contributed by atoms with Gasteiger partial charge in [0, 0.05) is 24.3 Å². The van der Waals surface area contributed by atoms with Gasteiger partial charge in [0.2, 0.25) is 0 Å². The van der Waals surface area contributed by atoms with Crippen LogP contribution in [0.15, 0.2) is 12.5 Å². The summed E-state index contributed by atoms with van der Waals surface area (Å²) in [6, 6.07) is 0.239. The first kappa shape index (κ1) is 18.5. The summed E-state index contributed by atoms with van der Waals surface area (Å²) in [7, 11) is 0. The highest BCUT2D eigenvalue weighted by Gasteiger charge is 2.45. The third-order valence-corrected chi connectivity index (χ3v) is 5.36. The maximum absolute atomic E-state index is 12.6. The van der Waals surface area contributed by atoms with Crippen LogP contribution in [0.1, 0.15) is 56.8 Å². The van der Waals surface area contributed by atoms with Crippen molar-refractivity contribution < 1.29 is 19.4 Å². The average Bonchev–Trinajstić information content (AvgIpc) is 3.16. The van der Waals surface area contributed by atoms with Gasteiger partial charge in [0.25, 0.3) is 0 Å². The number of amides is 1. The molecule has 2 bridgehead atoms. The molecule has 2 aromatic heterocycles. The van der Waals surface area contributed by atoms with E-state index in [0.717, 1.165) is 25.7 Å². The van der Waals surface area contributed by atoms with Gasteiger partial charge < -0.3 is 25.0 Å². The van der Waals surface area contributed by atoms with E-state index in [1.165, 1.54) is 12.5 Å². The van der Waals surface area contributed by atoms with E-state index in [0.29, 0.717) is 16.9 Å². The van der Waals surface area contributed by atoms with Crippen LogP contribution in [-0.2, 0) is 4.74 Å². The van der Waals surface area contributed by atoms with E-state index in [1.54, 1.807) is 0 Å². The number of aromatic amines is 1. The van der Waals surface area contributed by atoms with Gasteiger partial charge in [-0.1, -0.05) is 0 Å². The minimum Gasteiger partial charge on any atom is -0.478 e. The molecule has 0 saturated carbocycles. The normalized spacial score (nSPS) is 24.4. The number of fused-ring (bicyclic) bond motifs is 3. The van der Waals surface area contributed by atoms with E-state index in [2.05, 4.69) is 20.3 Å². The Morgan fingerprint density at radius 1 is 1.25 bits per heavy atom. The number of pyridine rings is 1. The standard InChI is InChI=1S/C19H25N5O4/c1-19(2,3)28-18(27)24-11-4-5-12(24)7-10(6-11)23-14-13(17(25)26)8-20-16-15(14)21-9-22-16/h8-12H,4-7H2,1-3H3,(H,25,26)(H2,20,21,22,23)/t10-,11-,12+. The molecule has 0 aromatic carbocycles. The molecule has 3 N–H and O–H groups in total. The second-order valence-electron chi connectivity index (χ2n) is 8.54. The predicted octanol–water partition coefficient (Wildman–Crippen LogP) is 3.00. The summed E-state index contributed by atoms with van der Waals surface area (Å²) in [5, 5.41) is 12.9. The van der Waals surface area contributed by atoms with Crippen LogP contribution in [0.4, 0.5) is 10.5 Å². The van der Waals surface area contributed by atoms with Crippen LogP contribution in [0.25, 0.3) is 11.2 Å². The summed E-state index contributed by atoms with van der Waals surface area (Å²) in [5.74, 6) is -1.05. The summed E-state index contributed by atoms with van der Waals surface area (Å²) in [6.07, 6.45) is 5.93. The molecule has 2 aliphatic rings. The number of anilines is 1. The van der Waals surface area contributed by atoms with Gasteiger partial charge in [0.05, 0.1) is 12.0 Å². The van der Waals surface area contributed by atoms with Crippen LogP contribution in [0.3, 0.4) is 0 Å². The first-order chi connectivity index (χ1) is 13.2. The molecule has 28 heavy (non-hydrogen) atoms. The molecule has 4 rings (SSSR count). The van der Waals surface area contributed by atoms with Crippen molar-refractivity contribution in [2.45, 2.75) is 70.2 Å². The SMILES string of the molecule is CC(C)(C)OC(=O)N1[C@@H]2CC[C@H]1C[C@H](Nc1c(C(=O)O)cnc3[nH]cnc13)C2. The lowest BCUT2D eigenvalue weighted by Crippen LogP contribution is -2.51. The average molecular weight is 387 g/mol. The Bertz CT molecular complexity index is 905. The molecule has 2 saturated heterocycles. The van der Waals surface area contributed by atoms with E-state index >= 15 is 0 Å². The van der Waals surface area contributed by atoms with Gasteiger partial charge >= 0.3 is 12.1 Å². The fraction of sp³-hybridized carbons (Fsp3) is 0.579. The summed E-state index contributed by atoms with van der Waals surface area (Å²) < 4.78 is 5.58. The van der Waals surface area contributed by atoms with Crippen molar-refractivity contribution >= 4 is 28.9 Å². The van der Waals surface area contributed by atoms with Crippen LogP contribution in [0.2, 0.25) is 0 Å². The van der Waals surface area contributed by atoms with Crippen molar-refractivity contribution in [2.75, 3.05) is 5.32 Å². The highest BCUT2D eigenvalue weighted by Crippen LogP contribution is 2.38. The van der Waals surface area contributed by atoms with Crippen LogP contribution in [-0.4, -0.2) is 60.7 Å². The first-order valence-electron chi connectivity index (χ1n) is 9.56. The number of nitrogens with zero attached hydrogens (tertiary/aromatic N) is 3. The monoisotopic (exact) mass is 387 g/mol. The van der Waals surface area contributed by atoms with Gasteiger partial charge in [-0.2, -0.15) is 0 Å². The number of rotatable bonds is 3. The highest BCUT2D eigenvalue weighted by atomic mass is 16.6. The molecule has 0 aliphatic carbocycles. The van der Waals surface area contributed by atoms with Crippen molar-refractivity contribution in [1.82, 2.24) is 19.9 Å². The molecule has 2 aliphatic heterocycles. The van der Waals surface area contributed by atoms with Crippen molar-refractivity contribution in [3.05, 3.63) is 18.1 Å². The maximum atomic E-state index is 12.6. The molecule has 1 amide bonds. The zero-order valence-electron chi connectivity index (χ0n) is 16.2. The molecular weight excluding hydrogens is 362 g/mol. The quantitative estimate of drug-likeness (QED) is 0.740. The number of aromatic nitrogens is 3. The van der Waals surface area contributed by atoms with Crippen LogP contribution < -0.4 is 5.32 Å². The molecule has 0 unspecified atom stereocenters. The van der Waals surface area contributed by atoms with E-state index in [-0.39, 0.29) is 29.8 Å². The zero-order valence-corrected chi connectivity index (χ0v) is 16.2. The number of hydrogen-bond donors (Lipinski definition) is 3. The number of piperidine rings is 1. The minimum absolute atomic E-state index is 0.0524. The van der Waals surface area contributed by atoms with E-state index in [1.807, 2.05) is 25.7 Å². The lowest BCUT2D eigenvalue weighted by molar-refractivity contribution is 0.00683. The number of hydrogen-bond acceptors (Lipinski definition) is 6. The Balaban J connectivity index is 1.54. The summed E-state index contributed by atoms with van der Waals surface area (Å²) >= 11 is 0. The number of imidazole rings is 1. The lowest BCUT2D eigenvalue weighted by Gasteiger charge is -2.40. The molecular formula is C19H25N5O4. The molecule has 9 nitrogen and oxygen atoms in total. The van der Waals surface area contributed by atoms with Gasteiger partial charge in [0.15, 0.2) is 5.65 Å². The summed E-state index contributed by atoms with van der Waals surface area (Å²) in [4.78, 5) is 37.4. The number of carbonyl (C=O) groups is 2. The second-order valence-corrected chi connectivity index (χ2v) is 8.54. The van der Waals surface area contributed by atoms with Gasteiger partial charge in [-0.3, -0.25) is 0 Å². The first-order valence-corrected chi connectivity index (χ1v) is 9.56. The molecule has 2 aromatic rings. The van der Waals surface area contributed by atoms with Gasteiger partial charge in [0.1, 0.15) is 16.7 Å². The molecule has 3 atom stereocenters. The summed E-state index contributed by atoms with van der Waals surface area (Å²) in [5.41, 5.74) is 1.11. The van der Waals surface area contributed by atoms with Gasteiger partial charge in [-0.15, -0.1) is 0 Å². The minimum atomic E-state index is -1.05. The zero-order chi connectivity index (χ0) is 20.1. The molecule has 2 fully saturated rings. The maximum Gasteiger partial charge on any atom is 0.410 e. The Hall–Kier alpha value is -2.84. The summed E-state index contributed by atoms with van der Waals surface area (Å²) in [6.45, 7) is 5.60. The third kappa shape index (κ3) is 3.36. The fourth-order valence-corrected chi connectivity index (χ4v) is 4.31. The van der Waals surface area contributed by atoms with Crippen molar-refractivity contribution in [3.63, 3.8) is 0 Å². The Morgan fingerprint density at radius 3 is 2.54 bits per heavy atom. The van der Waals surface area contributed by atoms with Gasteiger partial charge in [-0.25, -0.2) is 19.6 Å². The van der Waals surface area contributed by atoms with E-state index < -0.39 is 11.6 Å². The number of carboxylic acid groups (broad SMARTS) is 1. The largest absolute Gasteiger partial charge is 0.478 e. The molecule has 9 heteroatoms. The van der Waals surface area contributed by atoms with Gasteiger partial charge in [-0.05, 0) is 46.5 Å². The Morgan fingerprint density at radius 2 is 1.93 bits per heavy atom. The van der Waals surface area contributed by atoms with E-state index in [9.17, 15) is 14.7 Å². The van der Waals surface area contributed by atoms with E-state index in [4.69, 9.17) is 4.74 Å². The third-order valence-electron chi connectivity index (χ3n) is 5.36. The number of carboxylic acids is 1. The predicted molar refractivity (Wildman–Crippen MR) is 102 cm³/mol. The molecule has 150 valence electrons. The van der Waals surface area contributed by atoms with Crippen molar-refractivity contribution in [1.29, 1.82) is 0 Å². The number of ether oxygens (including phenoxy) is 1. The number of H-pyrrole nitrogens is 1. The molecule has 0 radical (unpaired) electrons. The van der Waals surface area contributed by atoms with Crippen LogP contribution in [0, 0.1) is 0 Å². The Kier molecular flexibility index (Phi) is 4.40. The molecule has 0 spiro atoms. The van der Waals surface area contributed by atoms with Crippen molar-refractivity contribution in [2.24, 2.45) is 0 Å². The number of aromatic carboxylic acids is 1. The topological polar surface area (TPSA) is 120 Å². The fourth-order valence-electron chi connectivity index (χ4n) is 4.31. The molecule has 4 heterocycles.